The van der Waals surface area contributed by atoms with Crippen LogP contribution in [0.5, 0.6) is 17.2 Å². The molecule has 190 valence electrons. The van der Waals surface area contributed by atoms with Crippen molar-refractivity contribution in [1.82, 2.24) is 0 Å². The highest BCUT2D eigenvalue weighted by Crippen LogP contribution is 2.35. The van der Waals surface area contributed by atoms with Crippen LogP contribution in [0.3, 0.4) is 0 Å². The van der Waals surface area contributed by atoms with Gasteiger partial charge in [-0.1, -0.05) is 24.3 Å². The minimum absolute atomic E-state index is 0.0367. The summed E-state index contributed by atoms with van der Waals surface area (Å²) in [4.78, 5) is 23.1. The maximum Gasteiger partial charge on any atom is 0.306 e. The summed E-state index contributed by atoms with van der Waals surface area (Å²) in [6, 6.07) is 17.9. The Kier molecular flexibility index (Phi) is 9.27. The van der Waals surface area contributed by atoms with E-state index in [1.165, 1.54) is 12.1 Å². The first-order chi connectivity index (χ1) is 17.4. The average molecular weight is 494 g/mol. The van der Waals surface area contributed by atoms with Crippen molar-refractivity contribution in [1.29, 1.82) is 0 Å². The summed E-state index contributed by atoms with van der Waals surface area (Å²) in [7, 11) is 4.80. The molecule has 0 aromatic heterocycles. The van der Waals surface area contributed by atoms with Crippen LogP contribution in [-0.2, 0) is 22.4 Å². The van der Waals surface area contributed by atoms with Crippen LogP contribution in [0.15, 0.2) is 60.7 Å². The Morgan fingerprint density at radius 3 is 2.14 bits per heavy atom. The quantitative estimate of drug-likeness (QED) is 0.187. The molecular formula is C28H31NO7. The lowest BCUT2D eigenvalue weighted by molar-refractivity contribution is -0.384. The molecular weight excluding hydrogens is 462 g/mol. The normalized spacial score (nSPS) is 11.4. The van der Waals surface area contributed by atoms with E-state index in [4.69, 9.17) is 18.9 Å². The SMILES string of the molecule is CCOC(=O)CC(Cc1cc(OC)cc(OC)c1Cc1ccc([N+](=O)[O-])cc1)c1ccc(OC)cc1. The van der Waals surface area contributed by atoms with Crippen molar-refractivity contribution in [2.75, 3.05) is 27.9 Å². The Bertz CT molecular complexity index is 1170. The van der Waals surface area contributed by atoms with Crippen molar-refractivity contribution in [3.8, 4) is 17.2 Å². The number of carbonyl (C=O) groups excluding carboxylic acids is 1. The standard InChI is InChI=1S/C28H31NO7/c1-5-36-28(30)17-21(20-8-12-24(33-2)13-9-20)15-22-16-25(34-3)18-27(35-4)26(22)14-19-6-10-23(11-7-19)29(31)32/h6-13,16,18,21H,5,14-15,17H2,1-4H3. The van der Waals surface area contributed by atoms with E-state index < -0.39 is 4.92 Å². The molecule has 0 heterocycles. The second-order valence-corrected chi connectivity index (χ2v) is 8.25. The molecule has 0 radical (unpaired) electrons. The van der Waals surface area contributed by atoms with Gasteiger partial charge in [-0.05, 0) is 54.2 Å². The van der Waals surface area contributed by atoms with E-state index in [1.807, 2.05) is 36.4 Å². The van der Waals surface area contributed by atoms with Crippen LogP contribution in [0.2, 0.25) is 0 Å². The lowest BCUT2D eigenvalue weighted by Gasteiger charge is -2.21. The summed E-state index contributed by atoms with van der Waals surface area (Å²) in [5, 5.41) is 11.1. The van der Waals surface area contributed by atoms with Crippen molar-refractivity contribution < 1.29 is 28.7 Å². The lowest BCUT2D eigenvalue weighted by atomic mass is 9.86. The fraction of sp³-hybridized carbons (Fsp3) is 0.321. The molecule has 0 bridgehead atoms. The number of rotatable bonds is 12. The lowest BCUT2D eigenvalue weighted by Crippen LogP contribution is -2.14. The molecule has 3 rings (SSSR count). The van der Waals surface area contributed by atoms with Gasteiger partial charge in [0.05, 0.1) is 39.3 Å². The summed E-state index contributed by atoms with van der Waals surface area (Å²) in [6.45, 7) is 2.10. The van der Waals surface area contributed by atoms with Gasteiger partial charge in [-0.2, -0.15) is 0 Å². The molecule has 3 aromatic rings. The third-order valence-corrected chi connectivity index (χ3v) is 6.03. The fourth-order valence-corrected chi connectivity index (χ4v) is 4.17. The second-order valence-electron chi connectivity index (χ2n) is 8.25. The van der Waals surface area contributed by atoms with E-state index >= 15 is 0 Å². The highest BCUT2D eigenvalue weighted by atomic mass is 16.6. The summed E-state index contributed by atoms with van der Waals surface area (Å²) in [5.74, 6) is 1.58. The van der Waals surface area contributed by atoms with Gasteiger partial charge in [-0.25, -0.2) is 0 Å². The third kappa shape index (κ3) is 6.75. The van der Waals surface area contributed by atoms with Crippen LogP contribution in [0.4, 0.5) is 5.69 Å². The monoisotopic (exact) mass is 493 g/mol. The van der Waals surface area contributed by atoms with Crippen LogP contribution < -0.4 is 14.2 Å². The third-order valence-electron chi connectivity index (χ3n) is 6.03. The van der Waals surface area contributed by atoms with E-state index in [2.05, 4.69) is 0 Å². The Labute approximate surface area is 210 Å². The van der Waals surface area contributed by atoms with Crippen LogP contribution in [0.1, 0.15) is 41.5 Å². The van der Waals surface area contributed by atoms with Gasteiger partial charge in [-0.15, -0.1) is 0 Å². The predicted octanol–water partition coefficient (Wildman–Crippen LogP) is 5.49. The molecule has 1 unspecified atom stereocenters. The Morgan fingerprint density at radius 1 is 0.917 bits per heavy atom. The second kappa shape index (κ2) is 12.6. The number of esters is 1. The number of ether oxygens (including phenoxy) is 4. The molecule has 0 N–H and O–H groups in total. The Morgan fingerprint density at radius 2 is 1.58 bits per heavy atom. The highest BCUT2D eigenvalue weighted by molar-refractivity contribution is 5.70. The van der Waals surface area contributed by atoms with Gasteiger partial charge >= 0.3 is 5.97 Å². The van der Waals surface area contributed by atoms with Crippen molar-refractivity contribution in [2.45, 2.75) is 32.1 Å². The highest BCUT2D eigenvalue weighted by Gasteiger charge is 2.22. The van der Waals surface area contributed by atoms with E-state index in [0.29, 0.717) is 30.9 Å². The molecule has 0 saturated carbocycles. The molecule has 0 aliphatic heterocycles. The molecule has 0 fully saturated rings. The number of nitro benzene ring substituents is 1. The molecule has 0 aliphatic rings. The average Bonchev–Trinajstić information content (AvgIpc) is 2.89. The van der Waals surface area contributed by atoms with Crippen molar-refractivity contribution in [2.24, 2.45) is 0 Å². The van der Waals surface area contributed by atoms with Gasteiger partial charge in [0.1, 0.15) is 17.2 Å². The first kappa shape index (κ1) is 26.5. The predicted molar refractivity (Wildman–Crippen MR) is 136 cm³/mol. The van der Waals surface area contributed by atoms with Crippen molar-refractivity contribution in [3.63, 3.8) is 0 Å². The zero-order valence-electron chi connectivity index (χ0n) is 21.0. The van der Waals surface area contributed by atoms with E-state index in [-0.39, 0.29) is 24.0 Å². The number of hydrogen-bond donors (Lipinski definition) is 0. The Hall–Kier alpha value is -4.07. The summed E-state index contributed by atoms with van der Waals surface area (Å²) < 4.78 is 21.8. The van der Waals surface area contributed by atoms with E-state index in [1.54, 1.807) is 40.4 Å². The van der Waals surface area contributed by atoms with Gasteiger partial charge in [0.25, 0.3) is 5.69 Å². The smallest absolute Gasteiger partial charge is 0.306 e. The maximum absolute atomic E-state index is 12.5. The molecule has 0 saturated heterocycles. The minimum Gasteiger partial charge on any atom is -0.497 e. The van der Waals surface area contributed by atoms with Crippen molar-refractivity contribution >= 4 is 11.7 Å². The van der Waals surface area contributed by atoms with Gasteiger partial charge < -0.3 is 18.9 Å². The maximum atomic E-state index is 12.5. The summed E-state index contributed by atoms with van der Waals surface area (Å²) in [5.41, 5.74) is 3.79. The zero-order chi connectivity index (χ0) is 26.1. The van der Waals surface area contributed by atoms with E-state index in [9.17, 15) is 14.9 Å². The van der Waals surface area contributed by atoms with Gasteiger partial charge in [0, 0.05) is 30.2 Å². The molecule has 0 aliphatic carbocycles. The molecule has 36 heavy (non-hydrogen) atoms. The van der Waals surface area contributed by atoms with Crippen LogP contribution in [0, 0.1) is 10.1 Å². The molecule has 3 aromatic carbocycles. The number of nitro groups is 1. The summed E-state index contributed by atoms with van der Waals surface area (Å²) in [6.07, 6.45) is 1.23. The Balaban J connectivity index is 2.02. The number of benzene rings is 3. The summed E-state index contributed by atoms with van der Waals surface area (Å²) >= 11 is 0. The fourth-order valence-electron chi connectivity index (χ4n) is 4.17. The van der Waals surface area contributed by atoms with Gasteiger partial charge in [0.15, 0.2) is 0 Å². The number of hydrogen-bond acceptors (Lipinski definition) is 7. The van der Waals surface area contributed by atoms with Crippen molar-refractivity contribution in [3.05, 3.63) is 93.0 Å². The van der Waals surface area contributed by atoms with Crippen LogP contribution in [0.25, 0.3) is 0 Å². The van der Waals surface area contributed by atoms with Gasteiger partial charge in [0.2, 0.25) is 0 Å². The molecule has 1 atom stereocenters. The first-order valence-corrected chi connectivity index (χ1v) is 11.6. The largest absolute Gasteiger partial charge is 0.497 e. The van der Waals surface area contributed by atoms with Crippen LogP contribution in [-0.4, -0.2) is 38.8 Å². The minimum atomic E-state index is -0.419. The number of carbonyl (C=O) groups is 1. The number of nitrogens with zero attached hydrogens (tertiary/aromatic N) is 1. The number of non-ortho nitro benzene ring substituents is 1. The van der Waals surface area contributed by atoms with Gasteiger partial charge in [-0.3, -0.25) is 14.9 Å². The molecule has 0 spiro atoms. The topological polar surface area (TPSA) is 97.1 Å². The molecule has 0 amide bonds. The molecule has 8 heteroatoms. The van der Waals surface area contributed by atoms with E-state index in [0.717, 1.165) is 28.0 Å². The number of methoxy groups -OCH3 is 3. The zero-order valence-corrected chi connectivity index (χ0v) is 21.0. The first-order valence-electron chi connectivity index (χ1n) is 11.6. The molecule has 8 nitrogen and oxygen atoms in total. The van der Waals surface area contributed by atoms with Crippen LogP contribution >= 0.6 is 0 Å².